The fraction of sp³-hybridized carbons (Fsp3) is 0.375. The summed E-state index contributed by atoms with van der Waals surface area (Å²) in [5.74, 6) is 0.0675. The average Bonchev–Trinajstić information content (AvgIpc) is 2.70. The van der Waals surface area contributed by atoms with Crippen LogP contribution in [0.5, 0.6) is 5.75 Å². The Kier molecular flexibility index (Phi) is 10.2. The molecule has 2 aromatic carbocycles. The average molecular weight is 461 g/mol. The number of benzene rings is 2. The van der Waals surface area contributed by atoms with Gasteiger partial charge in [-0.3, -0.25) is 0 Å². The first kappa shape index (κ1) is 23.4. The summed E-state index contributed by atoms with van der Waals surface area (Å²) in [4.78, 5) is 0. The van der Waals surface area contributed by atoms with Gasteiger partial charge in [-0.2, -0.15) is 0 Å². The van der Waals surface area contributed by atoms with E-state index in [0.29, 0.717) is 25.0 Å². The highest BCUT2D eigenvalue weighted by molar-refractivity contribution is 9.10. The molecule has 0 saturated heterocycles. The van der Waals surface area contributed by atoms with E-state index in [4.69, 9.17) is 4.74 Å². The van der Waals surface area contributed by atoms with Crippen LogP contribution < -0.4 is 0 Å². The number of halogens is 1. The lowest BCUT2D eigenvalue weighted by molar-refractivity contribution is 0.0285. The molecule has 0 fully saturated rings. The molecule has 0 bridgehead atoms. The first-order valence-corrected chi connectivity index (χ1v) is 10.7. The predicted molar refractivity (Wildman–Crippen MR) is 119 cm³/mol. The molecule has 0 amide bonds. The highest BCUT2D eigenvalue weighted by Crippen LogP contribution is 2.29. The van der Waals surface area contributed by atoms with Crippen molar-refractivity contribution in [3.8, 4) is 5.75 Å². The van der Waals surface area contributed by atoms with Gasteiger partial charge < -0.3 is 20.1 Å². The van der Waals surface area contributed by atoms with E-state index in [9.17, 15) is 15.3 Å². The van der Waals surface area contributed by atoms with Crippen LogP contribution in [-0.2, 0) is 11.3 Å². The van der Waals surface area contributed by atoms with Crippen LogP contribution in [0.4, 0.5) is 0 Å². The molecule has 5 heteroatoms. The minimum atomic E-state index is -0.818. The van der Waals surface area contributed by atoms with Gasteiger partial charge in [0, 0.05) is 22.9 Å². The summed E-state index contributed by atoms with van der Waals surface area (Å²) in [6.45, 7) is 2.82. The molecule has 29 heavy (non-hydrogen) atoms. The number of hydrogen-bond acceptors (Lipinski definition) is 4. The second-order valence-corrected chi connectivity index (χ2v) is 7.93. The molecule has 156 valence electrons. The molecule has 0 aliphatic rings. The molecule has 0 radical (unpaired) electrons. The largest absolute Gasteiger partial charge is 0.508 e. The Hall–Kier alpha value is -1.88. The number of aromatic hydroxyl groups is 1. The monoisotopic (exact) mass is 460 g/mol. The Morgan fingerprint density at radius 2 is 1.93 bits per heavy atom. The number of hydrogen-bond donors (Lipinski definition) is 3. The molecule has 0 aliphatic carbocycles. The number of aliphatic hydroxyl groups is 2. The maximum Gasteiger partial charge on any atom is 0.121 e. The number of rotatable bonds is 11. The van der Waals surface area contributed by atoms with Gasteiger partial charge in [0.2, 0.25) is 0 Å². The summed E-state index contributed by atoms with van der Waals surface area (Å²) in [6.07, 6.45) is 2.94. The second-order valence-electron chi connectivity index (χ2n) is 7.02. The van der Waals surface area contributed by atoms with Gasteiger partial charge >= 0.3 is 0 Å². The molecule has 4 nitrogen and oxygen atoms in total. The van der Waals surface area contributed by atoms with E-state index in [2.05, 4.69) is 28.6 Å². The summed E-state index contributed by atoms with van der Waals surface area (Å²) in [5.41, 5.74) is 5.76. The minimum absolute atomic E-state index is 0.0675. The van der Waals surface area contributed by atoms with Crippen LogP contribution in [-0.4, -0.2) is 28.0 Å². The molecule has 3 N–H and O–H groups in total. The Labute approximate surface area is 181 Å². The summed E-state index contributed by atoms with van der Waals surface area (Å²) < 4.78 is 6.41. The van der Waals surface area contributed by atoms with Crippen LogP contribution in [0.3, 0.4) is 0 Å². The minimum Gasteiger partial charge on any atom is -0.508 e. The highest BCUT2D eigenvalue weighted by Gasteiger charge is 2.12. The van der Waals surface area contributed by atoms with Crippen molar-refractivity contribution >= 4 is 15.9 Å². The predicted octanol–water partition coefficient (Wildman–Crippen LogP) is 5.43. The smallest absolute Gasteiger partial charge is 0.121 e. The third kappa shape index (κ3) is 8.57. The Morgan fingerprint density at radius 1 is 1.17 bits per heavy atom. The van der Waals surface area contributed by atoms with Crippen LogP contribution in [0.15, 0.2) is 70.4 Å². The van der Waals surface area contributed by atoms with Gasteiger partial charge in [0.15, 0.2) is 0 Å². The van der Waals surface area contributed by atoms with Crippen LogP contribution >= 0.6 is 15.9 Å². The topological polar surface area (TPSA) is 69.9 Å². The van der Waals surface area contributed by atoms with E-state index in [1.54, 1.807) is 24.3 Å². The zero-order valence-electron chi connectivity index (χ0n) is 16.7. The van der Waals surface area contributed by atoms with Crippen molar-refractivity contribution < 1.29 is 20.1 Å². The van der Waals surface area contributed by atoms with E-state index >= 15 is 0 Å². The van der Waals surface area contributed by atoms with Gasteiger partial charge in [-0.1, -0.05) is 59.6 Å². The zero-order chi connectivity index (χ0) is 21.1. The Morgan fingerprint density at radius 3 is 2.66 bits per heavy atom. The maximum absolute atomic E-state index is 10.3. The lowest BCUT2D eigenvalue weighted by atomic mass is 10.0. The van der Waals surface area contributed by atoms with Gasteiger partial charge in [0.05, 0.1) is 25.4 Å². The van der Waals surface area contributed by atoms with Gasteiger partial charge in [0.1, 0.15) is 5.75 Å². The van der Waals surface area contributed by atoms with Crippen LogP contribution in [0.1, 0.15) is 49.8 Å². The maximum atomic E-state index is 10.3. The quantitative estimate of drug-likeness (QED) is 0.391. The van der Waals surface area contributed by atoms with Gasteiger partial charge in [-0.05, 0) is 41.8 Å². The molecule has 2 rings (SSSR count). The molecule has 0 aliphatic heterocycles. The number of ether oxygens (including phenoxy) is 1. The van der Waals surface area contributed by atoms with E-state index in [-0.39, 0.29) is 12.4 Å². The standard InChI is InChI=1S/C24H29BrO4/c1-2-7-18(14-21(26)17-29-16-19-8-4-3-5-9-19)10-6-11-23(27)22-15-20(25)12-13-24(22)28/h3-6,8-9,12-13,15,21,23,26-28H,2,7,11,14,16-17H2,1H3/t10?,21-,23-/m1/s1. The summed E-state index contributed by atoms with van der Waals surface area (Å²) in [6, 6.07) is 14.9. The van der Waals surface area contributed by atoms with Crippen LogP contribution in [0.25, 0.3) is 0 Å². The molecule has 0 aromatic heterocycles. The van der Waals surface area contributed by atoms with Gasteiger partial charge in [-0.25, -0.2) is 0 Å². The highest BCUT2D eigenvalue weighted by atomic mass is 79.9. The van der Waals surface area contributed by atoms with Crippen molar-refractivity contribution in [3.05, 3.63) is 81.5 Å². The van der Waals surface area contributed by atoms with Gasteiger partial charge in [-0.15, -0.1) is 5.73 Å². The molecular weight excluding hydrogens is 432 g/mol. The van der Waals surface area contributed by atoms with Crippen molar-refractivity contribution in [1.82, 2.24) is 0 Å². The van der Waals surface area contributed by atoms with Crippen LogP contribution in [0.2, 0.25) is 0 Å². The van der Waals surface area contributed by atoms with Crippen LogP contribution in [0, 0.1) is 0 Å². The fourth-order valence-corrected chi connectivity index (χ4v) is 3.38. The van der Waals surface area contributed by atoms with Crippen molar-refractivity contribution in [1.29, 1.82) is 0 Å². The lowest BCUT2D eigenvalue weighted by Crippen LogP contribution is -2.16. The van der Waals surface area contributed by atoms with Crippen molar-refractivity contribution in [3.63, 3.8) is 0 Å². The van der Waals surface area contributed by atoms with E-state index in [0.717, 1.165) is 28.5 Å². The second kappa shape index (κ2) is 12.6. The molecule has 0 unspecified atom stereocenters. The molecule has 0 saturated carbocycles. The summed E-state index contributed by atoms with van der Waals surface area (Å²) >= 11 is 3.35. The fourth-order valence-electron chi connectivity index (χ4n) is 3.00. The number of phenolic OH excluding ortho intramolecular Hbond substituents is 1. The number of aliphatic hydroxyl groups excluding tert-OH is 2. The van der Waals surface area contributed by atoms with Crippen molar-refractivity contribution in [2.45, 2.75) is 51.4 Å². The Bertz CT molecular complexity index is 813. The molecular formula is C24H29BrO4. The molecule has 2 aromatic rings. The first-order chi connectivity index (χ1) is 14.0. The third-order valence-electron chi connectivity index (χ3n) is 4.45. The van der Waals surface area contributed by atoms with E-state index in [1.165, 1.54) is 0 Å². The number of phenols is 1. The third-order valence-corrected chi connectivity index (χ3v) is 4.94. The zero-order valence-corrected chi connectivity index (χ0v) is 18.3. The lowest BCUT2D eigenvalue weighted by Gasteiger charge is -2.13. The summed E-state index contributed by atoms with van der Waals surface area (Å²) in [5, 5.41) is 30.5. The molecule has 0 spiro atoms. The van der Waals surface area contributed by atoms with E-state index in [1.807, 2.05) is 30.3 Å². The first-order valence-electron chi connectivity index (χ1n) is 9.88. The van der Waals surface area contributed by atoms with Gasteiger partial charge in [0.25, 0.3) is 0 Å². The molecule has 0 heterocycles. The van der Waals surface area contributed by atoms with E-state index < -0.39 is 12.2 Å². The molecule has 2 atom stereocenters. The summed E-state index contributed by atoms with van der Waals surface area (Å²) in [7, 11) is 0. The van der Waals surface area contributed by atoms with Crippen molar-refractivity contribution in [2.75, 3.05) is 6.61 Å². The SMILES string of the molecule is CCCC(=C=CC[C@@H](O)c1cc(Br)ccc1O)C[C@@H](O)COCc1ccccc1. The van der Waals surface area contributed by atoms with Crippen molar-refractivity contribution in [2.24, 2.45) is 0 Å². The normalized spacial score (nSPS) is 12.8. The Balaban J connectivity index is 1.89.